The van der Waals surface area contributed by atoms with Crippen molar-refractivity contribution in [3.8, 4) is 0 Å². The maximum Gasteiger partial charge on any atom is 0.338 e. The van der Waals surface area contributed by atoms with Crippen molar-refractivity contribution < 1.29 is 9.53 Å². The molecule has 0 aliphatic carbocycles. The van der Waals surface area contributed by atoms with Gasteiger partial charge in [-0.3, -0.25) is 4.99 Å². The molecule has 5 heteroatoms. The number of aryl methyl sites for hydroxylation is 1. The lowest BCUT2D eigenvalue weighted by Crippen LogP contribution is -2.21. The summed E-state index contributed by atoms with van der Waals surface area (Å²) in [5.74, 6) is 0.229. The Balaban J connectivity index is 0.00000256. The van der Waals surface area contributed by atoms with Crippen LogP contribution in [0.5, 0.6) is 0 Å². The molecule has 3 aromatic rings. The zero-order valence-corrected chi connectivity index (χ0v) is 18.4. The number of hydrogen-bond donors (Lipinski definition) is 1. The zero-order chi connectivity index (χ0) is 20.1. The van der Waals surface area contributed by atoms with Gasteiger partial charge in [0.25, 0.3) is 0 Å². The fourth-order valence-corrected chi connectivity index (χ4v) is 3.66. The molecule has 0 radical (unpaired) electrons. The summed E-state index contributed by atoms with van der Waals surface area (Å²) >= 11 is 0. The highest BCUT2D eigenvalue weighted by molar-refractivity contribution is 8.93. The molecule has 1 aliphatic heterocycles. The summed E-state index contributed by atoms with van der Waals surface area (Å²) in [5, 5.41) is 0. The number of esters is 1. The minimum Gasteiger partial charge on any atom is -0.454 e. The van der Waals surface area contributed by atoms with Crippen molar-refractivity contribution >= 4 is 28.8 Å². The number of carbonyl (C=O) groups excluding carboxylic acids is 1. The Kier molecular flexibility index (Phi) is 7.41. The topological polar surface area (TPSA) is 64.7 Å². The van der Waals surface area contributed by atoms with E-state index >= 15 is 0 Å². The number of fused-ring (bicyclic) bond motifs is 1. The second kappa shape index (κ2) is 10.2. The Morgan fingerprint density at radius 1 is 1.00 bits per heavy atom. The number of hydrogen-bond acceptors (Lipinski definition) is 4. The Morgan fingerprint density at radius 2 is 1.70 bits per heavy atom. The predicted octanol–water partition coefficient (Wildman–Crippen LogP) is 5.06. The Bertz CT molecular complexity index is 1020. The summed E-state index contributed by atoms with van der Waals surface area (Å²) in [5.41, 5.74) is 10.7. The fraction of sp³-hybridized carbons (Fsp3) is 0.200. The van der Waals surface area contributed by atoms with Gasteiger partial charge in [-0.2, -0.15) is 0 Å². The normalized spacial score (nSPS) is 13.4. The van der Waals surface area contributed by atoms with Crippen molar-refractivity contribution in [2.75, 3.05) is 6.54 Å². The second-order valence-electron chi connectivity index (χ2n) is 7.22. The number of nitrogens with zero attached hydrogens (tertiary/aromatic N) is 1. The molecule has 4 nitrogen and oxygen atoms in total. The van der Waals surface area contributed by atoms with E-state index in [-0.39, 0.29) is 29.1 Å². The van der Waals surface area contributed by atoms with E-state index < -0.39 is 0 Å². The van der Waals surface area contributed by atoms with Gasteiger partial charge >= 0.3 is 5.97 Å². The molecule has 0 bridgehead atoms. The molecule has 1 unspecified atom stereocenters. The molecule has 1 atom stereocenters. The van der Waals surface area contributed by atoms with Gasteiger partial charge in [-0.05, 0) is 48.1 Å². The van der Waals surface area contributed by atoms with Crippen LogP contribution in [0.2, 0.25) is 0 Å². The Morgan fingerprint density at radius 3 is 2.43 bits per heavy atom. The van der Waals surface area contributed by atoms with E-state index in [2.05, 4.69) is 17.1 Å². The van der Waals surface area contributed by atoms with Crippen molar-refractivity contribution in [2.45, 2.75) is 25.4 Å². The van der Waals surface area contributed by atoms with Crippen LogP contribution in [-0.4, -0.2) is 18.3 Å². The van der Waals surface area contributed by atoms with Crippen LogP contribution >= 0.6 is 17.0 Å². The SMILES string of the molecule is Br.NC1=NCCc2cc(C(=O)OC(CCc3ccccc3)c3ccccc3)ccc21. The van der Waals surface area contributed by atoms with Crippen LogP contribution in [0.1, 0.15) is 45.1 Å². The zero-order valence-electron chi connectivity index (χ0n) is 16.7. The molecule has 0 aromatic heterocycles. The van der Waals surface area contributed by atoms with Crippen LogP contribution < -0.4 is 5.73 Å². The number of amidine groups is 1. The van der Waals surface area contributed by atoms with Crippen LogP contribution in [0.15, 0.2) is 83.9 Å². The maximum absolute atomic E-state index is 12.9. The number of ether oxygens (including phenoxy) is 1. The van der Waals surface area contributed by atoms with E-state index in [1.54, 1.807) is 6.07 Å². The molecular formula is C25H25BrN2O2. The highest BCUT2D eigenvalue weighted by Crippen LogP contribution is 2.26. The third-order valence-electron chi connectivity index (χ3n) is 5.24. The van der Waals surface area contributed by atoms with E-state index in [1.807, 2.05) is 60.7 Å². The van der Waals surface area contributed by atoms with Gasteiger partial charge in [-0.1, -0.05) is 66.7 Å². The molecule has 0 fully saturated rings. The predicted molar refractivity (Wildman–Crippen MR) is 125 cm³/mol. The van der Waals surface area contributed by atoms with Crippen LogP contribution in [-0.2, 0) is 17.6 Å². The third-order valence-corrected chi connectivity index (χ3v) is 5.24. The third kappa shape index (κ3) is 5.16. The molecule has 0 saturated carbocycles. The molecule has 154 valence electrons. The average Bonchev–Trinajstić information content (AvgIpc) is 2.77. The second-order valence-corrected chi connectivity index (χ2v) is 7.22. The van der Waals surface area contributed by atoms with Crippen molar-refractivity contribution in [3.63, 3.8) is 0 Å². The first-order valence-electron chi connectivity index (χ1n) is 9.94. The monoisotopic (exact) mass is 464 g/mol. The van der Waals surface area contributed by atoms with Crippen molar-refractivity contribution in [1.82, 2.24) is 0 Å². The smallest absolute Gasteiger partial charge is 0.338 e. The average molecular weight is 465 g/mol. The highest BCUT2D eigenvalue weighted by atomic mass is 79.9. The molecule has 2 N–H and O–H groups in total. The molecular weight excluding hydrogens is 440 g/mol. The first-order valence-corrected chi connectivity index (χ1v) is 9.94. The molecule has 4 rings (SSSR count). The van der Waals surface area contributed by atoms with Crippen LogP contribution in [0.25, 0.3) is 0 Å². The fourth-order valence-electron chi connectivity index (χ4n) is 3.66. The van der Waals surface area contributed by atoms with Crippen molar-refractivity contribution in [2.24, 2.45) is 10.7 Å². The van der Waals surface area contributed by atoms with Gasteiger partial charge in [-0.15, -0.1) is 17.0 Å². The minimum atomic E-state index is -0.309. The summed E-state index contributed by atoms with van der Waals surface area (Å²) in [6, 6.07) is 25.7. The molecule has 30 heavy (non-hydrogen) atoms. The number of rotatable bonds is 6. The first kappa shape index (κ1) is 21.8. The first-order chi connectivity index (χ1) is 14.2. The number of halogens is 1. The molecule has 0 amide bonds. The van der Waals surface area contributed by atoms with Gasteiger partial charge in [0.05, 0.1) is 5.56 Å². The summed E-state index contributed by atoms with van der Waals surface area (Å²) in [4.78, 5) is 17.2. The van der Waals surface area contributed by atoms with Gasteiger partial charge in [0.15, 0.2) is 0 Å². The number of carbonyl (C=O) groups is 1. The lowest BCUT2D eigenvalue weighted by atomic mass is 9.98. The van der Waals surface area contributed by atoms with Gasteiger partial charge < -0.3 is 10.5 Å². The van der Waals surface area contributed by atoms with E-state index in [1.165, 1.54) is 5.56 Å². The highest BCUT2D eigenvalue weighted by Gasteiger charge is 2.20. The molecule has 3 aromatic carbocycles. The van der Waals surface area contributed by atoms with Gasteiger partial charge in [0.1, 0.15) is 11.9 Å². The largest absolute Gasteiger partial charge is 0.454 e. The van der Waals surface area contributed by atoms with E-state index in [9.17, 15) is 4.79 Å². The lowest BCUT2D eigenvalue weighted by molar-refractivity contribution is 0.0277. The summed E-state index contributed by atoms with van der Waals surface area (Å²) in [6.07, 6.45) is 2.05. The summed E-state index contributed by atoms with van der Waals surface area (Å²) in [6.45, 7) is 0.654. The van der Waals surface area contributed by atoms with Crippen LogP contribution in [0.3, 0.4) is 0 Å². The van der Waals surface area contributed by atoms with E-state index in [0.717, 1.165) is 36.0 Å². The Labute approximate surface area is 187 Å². The standard InChI is InChI=1S/C25H24N2O2.BrH/c26-24-22-13-12-21(17-20(22)15-16-27-24)25(28)29-23(19-9-5-2-6-10-19)14-11-18-7-3-1-4-8-18;/h1-10,12-13,17,23H,11,14-16H2,(H2,26,27);1H. The quantitative estimate of drug-likeness (QED) is 0.518. The van der Waals surface area contributed by atoms with Gasteiger partial charge in [0, 0.05) is 12.1 Å². The molecule has 0 saturated heterocycles. The molecule has 1 heterocycles. The summed E-state index contributed by atoms with van der Waals surface area (Å²) in [7, 11) is 0. The number of aliphatic imine (C=N–C) groups is 1. The van der Waals surface area contributed by atoms with Crippen molar-refractivity contribution in [1.29, 1.82) is 0 Å². The van der Waals surface area contributed by atoms with Crippen LogP contribution in [0, 0.1) is 0 Å². The minimum absolute atomic E-state index is 0. The maximum atomic E-state index is 12.9. The summed E-state index contributed by atoms with van der Waals surface area (Å²) < 4.78 is 5.96. The Hall–Kier alpha value is -2.92. The molecule has 0 spiro atoms. The number of nitrogens with two attached hydrogens (primary N) is 1. The van der Waals surface area contributed by atoms with Crippen LogP contribution in [0.4, 0.5) is 0 Å². The lowest BCUT2D eigenvalue weighted by Gasteiger charge is -2.20. The van der Waals surface area contributed by atoms with E-state index in [4.69, 9.17) is 10.5 Å². The van der Waals surface area contributed by atoms with Gasteiger partial charge in [-0.25, -0.2) is 4.79 Å². The van der Waals surface area contributed by atoms with Crippen molar-refractivity contribution in [3.05, 3.63) is 107 Å². The van der Waals surface area contributed by atoms with Gasteiger partial charge in [0.2, 0.25) is 0 Å². The number of benzene rings is 3. The molecule has 1 aliphatic rings. The van der Waals surface area contributed by atoms with E-state index in [0.29, 0.717) is 17.9 Å².